The quantitative estimate of drug-likeness (QED) is 0.888. The fourth-order valence-corrected chi connectivity index (χ4v) is 5.88. The van der Waals surface area contributed by atoms with Crippen molar-refractivity contribution in [3.05, 3.63) is 60.2 Å². The Kier molecular flexibility index (Phi) is 3.75. The third-order valence-corrected chi connectivity index (χ3v) is 6.58. The minimum atomic E-state index is -0.481. The van der Waals surface area contributed by atoms with Crippen LogP contribution in [-0.4, -0.2) is 21.2 Å². The number of aliphatic hydroxyl groups is 1. The molecule has 114 valence electrons. The van der Waals surface area contributed by atoms with E-state index < -0.39 is 5.60 Å². The fraction of sp³-hybridized carbons (Fsp3) is 0.400. The zero-order valence-electron chi connectivity index (χ0n) is 12.7. The monoisotopic (exact) mass is 310 g/mol. The lowest BCUT2D eigenvalue weighted by Gasteiger charge is -2.36. The van der Waals surface area contributed by atoms with Gasteiger partial charge in [-0.2, -0.15) is 11.8 Å². The van der Waals surface area contributed by atoms with E-state index >= 15 is 0 Å². The molecule has 2 atom stereocenters. The summed E-state index contributed by atoms with van der Waals surface area (Å²) in [5.41, 5.74) is 3.27. The van der Waals surface area contributed by atoms with Gasteiger partial charge < -0.3 is 5.11 Å². The second-order valence-electron chi connectivity index (χ2n) is 6.83. The van der Waals surface area contributed by atoms with Crippen LogP contribution in [-0.2, 0) is 6.42 Å². The van der Waals surface area contributed by atoms with Gasteiger partial charge in [-0.3, -0.25) is 0 Å². The van der Waals surface area contributed by atoms with Crippen molar-refractivity contribution in [3.63, 3.8) is 0 Å². The maximum absolute atomic E-state index is 11.0. The minimum absolute atomic E-state index is 0.481. The van der Waals surface area contributed by atoms with Crippen LogP contribution in [0.25, 0.3) is 11.1 Å². The zero-order chi connectivity index (χ0) is 15.0. The highest BCUT2D eigenvalue weighted by Crippen LogP contribution is 2.48. The van der Waals surface area contributed by atoms with E-state index in [2.05, 4.69) is 60.3 Å². The molecule has 4 rings (SSSR count). The lowest BCUT2D eigenvalue weighted by Crippen LogP contribution is -2.39. The Labute approximate surface area is 136 Å². The van der Waals surface area contributed by atoms with Crippen LogP contribution < -0.4 is 0 Å². The highest BCUT2D eigenvalue weighted by molar-refractivity contribution is 8.00. The van der Waals surface area contributed by atoms with Crippen molar-refractivity contribution in [2.75, 3.05) is 0 Å². The molecule has 0 spiro atoms. The molecule has 0 aliphatic carbocycles. The van der Waals surface area contributed by atoms with E-state index in [0.29, 0.717) is 10.5 Å². The summed E-state index contributed by atoms with van der Waals surface area (Å²) < 4.78 is 0. The number of thioether (sulfide) groups is 1. The summed E-state index contributed by atoms with van der Waals surface area (Å²) in [6.45, 7) is 0. The molecule has 2 heterocycles. The maximum atomic E-state index is 11.0. The summed E-state index contributed by atoms with van der Waals surface area (Å²) >= 11 is 2.10. The third kappa shape index (κ3) is 2.95. The molecule has 2 saturated heterocycles. The average molecular weight is 310 g/mol. The van der Waals surface area contributed by atoms with E-state index in [9.17, 15) is 5.11 Å². The van der Waals surface area contributed by atoms with Crippen LogP contribution in [0.4, 0.5) is 0 Å². The molecular weight excluding hydrogens is 288 g/mol. The van der Waals surface area contributed by atoms with Gasteiger partial charge in [0.1, 0.15) is 0 Å². The van der Waals surface area contributed by atoms with Gasteiger partial charge in [-0.05, 0) is 42.4 Å². The van der Waals surface area contributed by atoms with Crippen molar-refractivity contribution in [1.29, 1.82) is 0 Å². The first-order chi connectivity index (χ1) is 10.7. The van der Waals surface area contributed by atoms with Crippen molar-refractivity contribution in [2.45, 2.75) is 48.2 Å². The molecule has 2 aromatic carbocycles. The van der Waals surface area contributed by atoms with E-state index in [0.717, 1.165) is 19.3 Å². The summed E-state index contributed by atoms with van der Waals surface area (Å²) in [7, 11) is 0. The van der Waals surface area contributed by atoms with Crippen molar-refractivity contribution >= 4 is 11.8 Å². The molecule has 0 radical (unpaired) electrons. The number of hydrogen-bond acceptors (Lipinski definition) is 2. The first-order valence-electron chi connectivity index (χ1n) is 8.22. The van der Waals surface area contributed by atoms with E-state index in [1.807, 2.05) is 6.07 Å². The number of benzene rings is 2. The lowest BCUT2D eigenvalue weighted by molar-refractivity contribution is 0.0242. The Bertz CT molecular complexity index is 623. The highest BCUT2D eigenvalue weighted by Gasteiger charge is 2.43. The van der Waals surface area contributed by atoms with Crippen LogP contribution in [0.1, 0.15) is 31.2 Å². The van der Waals surface area contributed by atoms with Crippen LogP contribution in [0.5, 0.6) is 0 Å². The Balaban J connectivity index is 1.49. The van der Waals surface area contributed by atoms with Gasteiger partial charge in [0.2, 0.25) is 0 Å². The zero-order valence-corrected chi connectivity index (χ0v) is 13.6. The van der Waals surface area contributed by atoms with Crippen LogP contribution in [0.2, 0.25) is 0 Å². The maximum Gasteiger partial charge on any atom is 0.0709 e. The summed E-state index contributed by atoms with van der Waals surface area (Å²) in [5.74, 6) is 0. The van der Waals surface area contributed by atoms with Crippen molar-refractivity contribution in [2.24, 2.45) is 0 Å². The molecule has 2 fully saturated rings. The van der Waals surface area contributed by atoms with Crippen LogP contribution >= 0.6 is 11.8 Å². The van der Waals surface area contributed by atoms with Crippen molar-refractivity contribution < 1.29 is 5.11 Å². The summed E-state index contributed by atoms with van der Waals surface area (Å²) in [6.07, 6.45) is 5.33. The van der Waals surface area contributed by atoms with Gasteiger partial charge in [0.05, 0.1) is 5.60 Å². The molecule has 2 unspecified atom stereocenters. The average Bonchev–Trinajstić information content (AvgIpc) is 2.88. The first-order valence-corrected chi connectivity index (χ1v) is 9.17. The summed E-state index contributed by atoms with van der Waals surface area (Å²) in [6, 6.07) is 19.2. The third-order valence-electron chi connectivity index (χ3n) is 5.01. The van der Waals surface area contributed by atoms with Gasteiger partial charge >= 0.3 is 0 Å². The molecule has 0 aromatic heterocycles. The van der Waals surface area contributed by atoms with E-state index in [4.69, 9.17) is 0 Å². The Morgan fingerprint density at radius 2 is 1.45 bits per heavy atom. The minimum Gasteiger partial charge on any atom is -0.389 e. The first kappa shape index (κ1) is 14.3. The topological polar surface area (TPSA) is 20.2 Å². The van der Waals surface area contributed by atoms with Gasteiger partial charge in [0, 0.05) is 16.9 Å². The smallest absolute Gasteiger partial charge is 0.0709 e. The molecule has 2 bridgehead atoms. The number of hydrogen-bond donors (Lipinski definition) is 1. The Morgan fingerprint density at radius 1 is 0.864 bits per heavy atom. The van der Waals surface area contributed by atoms with Gasteiger partial charge in [0.25, 0.3) is 0 Å². The second kappa shape index (κ2) is 5.75. The van der Waals surface area contributed by atoms with Crippen molar-refractivity contribution in [3.8, 4) is 11.1 Å². The molecule has 0 amide bonds. The van der Waals surface area contributed by atoms with Crippen LogP contribution in [0.15, 0.2) is 54.6 Å². The number of fused-ring (bicyclic) bond motifs is 2. The predicted molar refractivity (Wildman–Crippen MR) is 94.2 cm³/mol. The molecule has 1 N–H and O–H groups in total. The SMILES string of the molecule is OC1(Cc2ccc(-c3ccccc3)cc2)CC2CCC(C1)S2. The van der Waals surface area contributed by atoms with Gasteiger partial charge in [0.15, 0.2) is 0 Å². The Morgan fingerprint density at radius 3 is 2.09 bits per heavy atom. The molecular formula is C20H22OS. The molecule has 1 nitrogen and oxygen atoms in total. The summed E-state index contributed by atoms with van der Waals surface area (Å²) in [4.78, 5) is 0. The van der Waals surface area contributed by atoms with Crippen molar-refractivity contribution in [1.82, 2.24) is 0 Å². The molecule has 0 saturated carbocycles. The van der Waals surface area contributed by atoms with E-state index in [1.165, 1.54) is 29.5 Å². The lowest BCUT2D eigenvalue weighted by atomic mass is 9.86. The standard InChI is InChI=1S/C20H22OS/c21-20(13-18-10-11-19(14-20)22-18)12-15-6-8-17(9-7-15)16-4-2-1-3-5-16/h1-9,18-19,21H,10-14H2. The molecule has 22 heavy (non-hydrogen) atoms. The van der Waals surface area contributed by atoms with E-state index in [1.54, 1.807) is 0 Å². The highest BCUT2D eigenvalue weighted by atomic mass is 32.2. The fourth-order valence-electron chi connectivity index (χ4n) is 3.98. The van der Waals surface area contributed by atoms with Gasteiger partial charge in [-0.15, -0.1) is 0 Å². The van der Waals surface area contributed by atoms with Gasteiger partial charge in [-0.25, -0.2) is 0 Å². The van der Waals surface area contributed by atoms with E-state index in [-0.39, 0.29) is 0 Å². The molecule has 2 aliphatic heterocycles. The van der Waals surface area contributed by atoms with Crippen LogP contribution in [0, 0.1) is 0 Å². The second-order valence-corrected chi connectivity index (χ2v) is 8.44. The molecule has 2 aliphatic rings. The number of rotatable bonds is 3. The normalized spacial score (nSPS) is 30.4. The largest absolute Gasteiger partial charge is 0.389 e. The summed E-state index contributed by atoms with van der Waals surface area (Å²) in [5, 5.41) is 12.4. The molecule has 2 heteroatoms. The van der Waals surface area contributed by atoms with Crippen LogP contribution in [0.3, 0.4) is 0 Å². The predicted octanol–water partition coefficient (Wildman–Crippen LogP) is 4.69. The van der Waals surface area contributed by atoms with Gasteiger partial charge in [-0.1, -0.05) is 54.6 Å². The molecule has 2 aromatic rings. The Hall–Kier alpha value is -1.25.